The molecule has 0 heterocycles. The number of benzene rings is 2. The molecule has 0 amide bonds. The van der Waals surface area contributed by atoms with Gasteiger partial charge in [-0.2, -0.15) is 13.2 Å². The normalized spacial score (nSPS) is 12.7. The molecule has 0 spiro atoms. The summed E-state index contributed by atoms with van der Waals surface area (Å²) in [5.41, 5.74) is 7.42. The first-order valence-electron chi connectivity index (χ1n) is 7.50. The molecule has 1 atom stereocenters. The number of ether oxygens (including phenoxy) is 1. The fraction of sp³-hybridized carbons (Fsp3) is 0.278. The Morgan fingerprint density at radius 2 is 1.79 bits per heavy atom. The van der Waals surface area contributed by atoms with Crippen molar-refractivity contribution < 1.29 is 22.7 Å². The SMILES string of the molecule is CCOC(=O)CC(N)c1cccc(-c2ccc(C(F)(F)F)cc2)c1. The highest BCUT2D eigenvalue weighted by molar-refractivity contribution is 5.71. The van der Waals surface area contributed by atoms with Gasteiger partial charge in [-0.25, -0.2) is 0 Å². The van der Waals surface area contributed by atoms with Gasteiger partial charge in [0.1, 0.15) is 0 Å². The van der Waals surface area contributed by atoms with E-state index in [0.717, 1.165) is 23.3 Å². The summed E-state index contributed by atoms with van der Waals surface area (Å²) < 4.78 is 42.7. The van der Waals surface area contributed by atoms with Crippen molar-refractivity contribution in [3.8, 4) is 11.1 Å². The standard InChI is InChI=1S/C18H18F3NO2/c1-2-24-17(23)11-16(22)14-5-3-4-13(10-14)12-6-8-15(9-7-12)18(19,20)21/h3-10,16H,2,11,22H2,1H3. The number of hydrogen-bond donors (Lipinski definition) is 1. The molecule has 1 unspecified atom stereocenters. The Morgan fingerprint density at radius 1 is 1.12 bits per heavy atom. The molecule has 2 aromatic rings. The Morgan fingerprint density at radius 3 is 2.38 bits per heavy atom. The Kier molecular flexibility index (Phi) is 5.62. The van der Waals surface area contributed by atoms with Crippen molar-refractivity contribution in [2.75, 3.05) is 6.61 Å². The molecule has 0 saturated heterocycles. The van der Waals surface area contributed by atoms with Crippen LogP contribution in [0.15, 0.2) is 48.5 Å². The summed E-state index contributed by atoms with van der Waals surface area (Å²) in [6.45, 7) is 2.01. The van der Waals surface area contributed by atoms with Crippen LogP contribution in [-0.2, 0) is 15.7 Å². The van der Waals surface area contributed by atoms with Gasteiger partial charge in [-0.05, 0) is 41.8 Å². The summed E-state index contributed by atoms with van der Waals surface area (Å²) in [5.74, 6) is -0.384. The average Bonchev–Trinajstić information content (AvgIpc) is 2.54. The summed E-state index contributed by atoms with van der Waals surface area (Å²) in [5, 5.41) is 0. The summed E-state index contributed by atoms with van der Waals surface area (Å²) >= 11 is 0. The number of hydrogen-bond acceptors (Lipinski definition) is 3. The summed E-state index contributed by atoms with van der Waals surface area (Å²) in [7, 11) is 0. The van der Waals surface area contributed by atoms with Crippen LogP contribution in [0.3, 0.4) is 0 Å². The van der Waals surface area contributed by atoms with E-state index in [1.165, 1.54) is 12.1 Å². The molecule has 0 saturated carbocycles. The lowest BCUT2D eigenvalue weighted by Gasteiger charge is -2.13. The fourth-order valence-corrected chi connectivity index (χ4v) is 2.32. The van der Waals surface area contributed by atoms with Crippen molar-refractivity contribution in [3.63, 3.8) is 0 Å². The van der Waals surface area contributed by atoms with Crippen LogP contribution in [0.25, 0.3) is 11.1 Å². The van der Waals surface area contributed by atoms with Crippen LogP contribution >= 0.6 is 0 Å². The molecular weight excluding hydrogens is 319 g/mol. The first kappa shape index (κ1) is 18.0. The van der Waals surface area contributed by atoms with Gasteiger partial charge in [0.15, 0.2) is 0 Å². The van der Waals surface area contributed by atoms with Gasteiger partial charge >= 0.3 is 12.1 Å². The van der Waals surface area contributed by atoms with Crippen molar-refractivity contribution in [3.05, 3.63) is 59.7 Å². The quantitative estimate of drug-likeness (QED) is 0.827. The summed E-state index contributed by atoms with van der Waals surface area (Å²) in [4.78, 5) is 11.5. The first-order valence-corrected chi connectivity index (χ1v) is 7.50. The zero-order chi connectivity index (χ0) is 17.7. The second-order valence-corrected chi connectivity index (χ2v) is 5.32. The third kappa shape index (κ3) is 4.58. The van der Waals surface area contributed by atoms with Gasteiger partial charge in [-0.15, -0.1) is 0 Å². The molecule has 0 radical (unpaired) electrons. The minimum absolute atomic E-state index is 0.0459. The van der Waals surface area contributed by atoms with Crippen LogP contribution < -0.4 is 5.73 Å². The Bertz CT molecular complexity index is 696. The molecule has 2 aromatic carbocycles. The Hall–Kier alpha value is -2.34. The molecule has 0 aromatic heterocycles. The van der Waals surface area contributed by atoms with E-state index in [9.17, 15) is 18.0 Å². The second-order valence-electron chi connectivity index (χ2n) is 5.32. The van der Waals surface area contributed by atoms with E-state index in [0.29, 0.717) is 5.56 Å². The molecule has 3 nitrogen and oxygen atoms in total. The van der Waals surface area contributed by atoms with E-state index in [-0.39, 0.29) is 19.0 Å². The zero-order valence-electron chi connectivity index (χ0n) is 13.1. The average molecular weight is 337 g/mol. The van der Waals surface area contributed by atoms with Crippen molar-refractivity contribution in [1.82, 2.24) is 0 Å². The van der Waals surface area contributed by atoms with Crippen molar-refractivity contribution in [1.29, 1.82) is 0 Å². The molecular formula is C18H18F3NO2. The summed E-state index contributed by atoms with van der Waals surface area (Å²) in [6.07, 6.45) is -4.31. The Labute approximate surface area is 138 Å². The van der Waals surface area contributed by atoms with E-state index >= 15 is 0 Å². The number of carbonyl (C=O) groups is 1. The van der Waals surface area contributed by atoms with Gasteiger partial charge in [0, 0.05) is 6.04 Å². The number of rotatable bonds is 5. The van der Waals surface area contributed by atoms with E-state index in [1.54, 1.807) is 31.2 Å². The van der Waals surface area contributed by atoms with Crippen LogP contribution in [-0.4, -0.2) is 12.6 Å². The lowest BCUT2D eigenvalue weighted by Crippen LogP contribution is -2.17. The van der Waals surface area contributed by atoms with Crippen molar-refractivity contribution in [2.45, 2.75) is 25.6 Å². The maximum Gasteiger partial charge on any atom is 0.416 e. The van der Waals surface area contributed by atoms with Crippen LogP contribution in [0.5, 0.6) is 0 Å². The van der Waals surface area contributed by atoms with Gasteiger partial charge < -0.3 is 10.5 Å². The highest BCUT2D eigenvalue weighted by Crippen LogP contribution is 2.31. The monoisotopic (exact) mass is 337 g/mol. The predicted molar refractivity (Wildman–Crippen MR) is 85.1 cm³/mol. The van der Waals surface area contributed by atoms with E-state index < -0.39 is 17.8 Å². The van der Waals surface area contributed by atoms with E-state index in [2.05, 4.69) is 0 Å². The highest BCUT2D eigenvalue weighted by atomic mass is 19.4. The number of carbonyl (C=O) groups excluding carboxylic acids is 1. The largest absolute Gasteiger partial charge is 0.466 e. The lowest BCUT2D eigenvalue weighted by molar-refractivity contribution is -0.143. The zero-order valence-corrected chi connectivity index (χ0v) is 13.1. The maximum absolute atomic E-state index is 12.6. The van der Waals surface area contributed by atoms with Gasteiger partial charge in [-0.1, -0.05) is 30.3 Å². The lowest BCUT2D eigenvalue weighted by atomic mass is 9.98. The predicted octanol–water partition coefficient (Wildman–Crippen LogP) is 4.33. The third-order valence-electron chi connectivity index (χ3n) is 3.55. The number of esters is 1. The van der Waals surface area contributed by atoms with Crippen LogP contribution in [0, 0.1) is 0 Å². The molecule has 6 heteroatoms. The Balaban J connectivity index is 2.19. The molecule has 2 rings (SSSR count). The molecule has 0 bridgehead atoms. The molecule has 0 aliphatic rings. The van der Waals surface area contributed by atoms with Gasteiger partial charge in [-0.3, -0.25) is 4.79 Å². The van der Waals surface area contributed by atoms with E-state index in [4.69, 9.17) is 10.5 Å². The van der Waals surface area contributed by atoms with Crippen LogP contribution in [0.4, 0.5) is 13.2 Å². The second kappa shape index (κ2) is 7.49. The molecule has 0 aliphatic carbocycles. The van der Waals surface area contributed by atoms with Crippen LogP contribution in [0.2, 0.25) is 0 Å². The minimum atomic E-state index is -4.36. The van der Waals surface area contributed by atoms with Gasteiger partial charge in [0.25, 0.3) is 0 Å². The molecule has 0 aliphatic heterocycles. The highest BCUT2D eigenvalue weighted by Gasteiger charge is 2.29. The van der Waals surface area contributed by atoms with Crippen molar-refractivity contribution >= 4 is 5.97 Å². The third-order valence-corrected chi connectivity index (χ3v) is 3.55. The first-order chi connectivity index (χ1) is 11.3. The van der Waals surface area contributed by atoms with Crippen molar-refractivity contribution in [2.24, 2.45) is 5.73 Å². The summed E-state index contributed by atoms with van der Waals surface area (Å²) in [6, 6.07) is 11.5. The smallest absolute Gasteiger partial charge is 0.416 e. The molecule has 24 heavy (non-hydrogen) atoms. The molecule has 2 N–H and O–H groups in total. The number of alkyl halides is 3. The minimum Gasteiger partial charge on any atom is -0.466 e. The number of nitrogens with two attached hydrogens (primary N) is 1. The topological polar surface area (TPSA) is 52.3 Å². The molecule has 128 valence electrons. The molecule has 0 fully saturated rings. The van der Waals surface area contributed by atoms with Gasteiger partial charge in [0.05, 0.1) is 18.6 Å². The van der Waals surface area contributed by atoms with Crippen LogP contribution in [0.1, 0.15) is 30.5 Å². The van der Waals surface area contributed by atoms with E-state index in [1.807, 2.05) is 0 Å². The maximum atomic E-state index is 12.6. The fourth-order valence-electron chi connectivity index (χ4n) is 2.32. The van der Waals surface area contributed by atoms with Gasteiger partial charge in [0.2, 0.25) is 0 Å². The number of halogens is 3.